The van der Waals surface area contributed by atoms with Crippen LogP contribution in [0.4, 0.5) is 0 Å². The molecule has 0 aromatic carbocycles. The second kappa shape index (κ2) is 12.8. The Morgan fingerprint density at radius 3 is 1.96 bits per heavy atom. The Morgan fingerprint density at radius 1 is 1.04 bits per heavy atom. The fourth-order valence-corrected chi connectivity index (χ4v) is 2.65. The fraction of sp³-hybridized carbons (Fsp3) is 0.733. The molecule has 0 bridgehead atoms. The maximum atomic E-state index is 12.4. The van der Waals surface area contributed by atoms with Gasteiger partial charge in [-0.15, -0.1) is 0 Å². The Kier molecular flexibility index (Phi) is 12.1. The van der Waals surface area contributed by atoms with Crippen LogP contribution >= 0.6 is 24.4 Å². The smallest absolute Gasteiger partial charge is 0.328 e. The first-order valence-electron chi connectivity index (χ1n) is 8.22. The molecule has 156 valence electrons. The number of carbonyl (C=O) groups excluding carboxylic acids is 3. The predicted octanol–water partition coefficient (Wildman–Crippen LogP) is -2.06. The third-order valence-electron chi connectivity index (χ3n) is 3.52. The summed E-state index contributed by atoms with van der Waals surface area (Å²) in [5.74, 6) is -2.85. The van der Waals surface area contributed by atoms with Crippen LogP contribution in [-0.4, -0.2) is 81.9 Å². The number of carboxylic acids is 1. The standard InChI is InChI=1S/C15H28N4O6S2/c1-7(16)12(21)18-10(6-26)14(23)17-9(4-5-27-3)13(22)19-11(8(2)20)15(24)25/h7-11,20,26H,4-6,16H2,1-3H3,(H,17,23)(H,18,21)(H,19,22)(H,24,25). The number of amides is 3. The molecular weight excluding hydrogens is 396 g/mol. The maximum absolute atomic E-state index is 12.4. The lowest BCUT2D eigenvalue weighted by molar-refractivity contribution is -0.145. The normalized spacial score (nSPS) is 16.4. The molecule has 0 aliphatic heterocycles. The van der Waals surface area contributed by atoms with Gasteiger partial charge in [-0.25, -0.2) is 4.79 Å². The van der Waals surface area contributed by atoms with Gasteiger partial charge in [0.15, 0.2) is 6.04 Å². The van der Waals surface area contributed by atoms with E-state index >= 15 is 0 Å². The molecule has 0 fully saturated rings. The van der Waals surface area contributed by atoms with Gasteiger partial charge >= 0.3 is 5.97 Å². The van der Waals surface area contributed by atoms with Crippen LogP contribution in [0.5, 0.6) is 0 Å². The quantitative estimate of drug-likeness (QED) is 0.175. The van der Waals surface area contributed by atoms with Crippen molar-refractivity contribution in [3.63, 3.8) is 0 Å². The Balaban J connectivity index is 5.16. The lowest BCUT2D eigenvalue weighted by Crippen LogP contribution is -2.58. The summed E-state index contributed by atoms with van der Waals surface area (Å²) in [7, 11) is 0. The highest BCUT2D eigenvalue weighted by Crippen LogP contribution is 2.04. The van der Waals surface area contributed by atoms with E-state index in [2.05, 4.69) is 28.6 Å². The van der Waals surface area contributed by atoms with Gasteiger partial charge in [0, 0.05) is 5.75 Å². The van der Waals surface area contributed by atoms with E-state index in [-0.39, 0.29) is 12.2 Å². The summed E-state index contributed by atoms with van der Waals surface area (Å²) in [6.45, 7) is 2.69. The number of thiol groups is 1. The Morgan fingerprint density at radius 2 is 1.56 bits per heavy atom. The van der Waals surface area contributed by atoms with Crippen LogP contribution < -0.4 is 21.7 Å². The zero-order valence-electron chi connectivity index (χ0n) is 15.5. The van der Waals surface area contributed by atoms with Gasteiger partial charge in [-0.2, -0.15) is 24.4 Å². The number of nitrogens with two attached hydrogens (primary N) is 1. The molecule has 12 heteroatoms. The van der Waals surface area contributed by atoms with Crippen LogP contribution in [0, 0.1) is 0 Å². The van der Waals surface area contributed by atoms with Crippen LogP contribution in [0.1, 0.15) is 20.3 Å². The van der Waals surface area contributed by atoms with Crippen molar-refractivity contribution in [2.24, 2.45) is 5.73 Å². The van der Waals surface area contributed by atoms with Gasteiger partial charge in [0.1, 0.15) is 12.1 Å². The lowest BCUT2D eigenvalue weighted by Gasteiger charge is -2.25. The minimum absolute atomic E-state index is 0.0212. The van der Waals surface area contributed by atoms with Gasteiger partial charge in [0.05, 0.1) is 12.1 Å². The second-order valence-electron chi connectivity index (χ2n) is 5.94. The highest BCUT2D eigenvalue weighted by molar-refractivity contribution is 7.98. The number of aliphatic carboxylic acids is 1. The zero-order chi connectivity index (χ0) is 21.1. The van der Waals surface area contributed by atoms with Crippen LogP contribution in [0.3, 0.4) is 0 Å². The largest absolute Gasteiger partial charge is 0.480 e. The molecule has 0 radical (unpaired) electrons. The molecule has 0 saturated heterocycles. The summed E-state index contributed by atoms with van der Waals surface area (Å²) in [6.07, 6.45) is 0.719. The summed E-state index contributed by atoms with van der Waals surface area (Å²) in [5, 5.41) is 25.7. The minimum atomic E-state index is -1.51. The highest BCUT2D eigenvalue weighted by atomic mass is 32.2. The number of rotatable bonds is 12. The number of carbonyl (C=O) groups is 4. The van der Waals surface area contributed by atoms with Crippen LogP contribution in [-0.2, 0) is 19.2 Å². The molecule has 5 unspecified atom stereocenters. The van der Waals surface area contributed by atoms with E-state index in [0.717, 1.165) is 0 Å². The molecule has 10 nitrogen and oxygen atoms in total. The van der Waals surface area contributed by atoms with Gasteiger partial charge in [0.2, 0.25) is 17.7 Å². The summed E-state index contributed by atoms with van der Waals surface area (Å²) in [6, 6.07) is -4.38. The van der Waals surface area contributed by atoms with E-state index < -0.39 is 54.0 Å². The third-order valence-corrected chi connectivity index (χ3v) is 4.53. The van der Waals surface area contributed by atoms with Crippen molar-refractivity contribution in [1.29, 1.82) is 0 Å². The molecule has 3 amide bonds. The first kappa shape index (κ1) is 25.5. The molecule has 7 N–H and O–H groups in total. The lowest BCUT2D eigenvalue weighted by atomic mass is 10.1. The van der Waals surface area contributed by atoms with E-state index in [0.29, 0.717) is 5.75 Å². The van der Waals surface area contributed by atoms with E-state index in [1.165, 1.54) is 25.6 Å². The molecule has 0 aliphatic rings. The molecule has 27 heavy (non-hydrogen) atoms. The number of carboxylic acid groups (broad SMARTS) is 1. The molecule has 0 saturated carbocycles. The first-order valence-corrected chi connectivity index (χ1v) is 10.2. The molecule has 0 aromatic heterocycles. The number of aliphatic hydroxyl groups excluding tert-OH is 1. The SMILES string of the molecule is CSCCC(NC(=O)C(CS)NC(=O)C(C)N)C(=O)NC(C(=O)O)C(C)O. The monoisotopic (exact) mass is 424 g/mol. The molecule has 0 rings (SSSR count). The predicted molar refractivity (Wildman–Crippen MR) is 106 cm³/mol. The summed E-state index contributed by atoms with van der Waals surface area (Å²) in [4.78, 5) is 47.6. The van der Waals surface area contributed by atoms with Crippen molar-refractivity contribution in [3.8, 4) is 0 Å². The molecule has 0 heterocycles. The number of hydrogen-bond donors (Lipinski definition) is 7. The minimum Gasteiger partial charge on any atom is -0.480 e. The highest BCUT2D eigenvalue weighted by Gasteiger charge is 2.31. The van der Waals surface area contributed by atoms with Crippen LogP contribution in [0.25, 0.3) is 0 Å². The average molecular weight is 425 g/mol. The van der Waals surface area contributed by atoms with Crippen molar-refractivity contribution in [1.82, 2.24) is 16.0 Å². The van der Waals surface area contributed by atoms with Crippen LogP contribution in [0.2, 0.25) is 0 Å². The van der Waals surface area contributed by atoms with Crippen molar-refractivity contribution in [3.05, 3.63) is 0 Å². The summed E-state index contributed by atoms with van der Waals surface area (Å²) >= 11 is 5.46. The zero-order valence-corrected chi connectivity index (χ0v) is 17.2. The molecule has 0 aliphatic carbocycles. The number of hydrogen-bond acceptors (Lipinski definition) is 8. The van der Waals surface area contributed by atoms with E-state index in [1.807, 2.05) is 6.26 Å². The van der Waals surface area contributed by atoms with E-state index in [9.17, 15) is 24.3 Å². The van der Waals surface area contributed by atoms with Crippen molar-refractivity contribution in [2.45, 2.75) is 50.5 Å². The van der Waals surface area contributed by atoms with Gasteiger partial charge in [-0.1, -0.05) is 0 Å². The summed E-state index contributed by atoms with van der Waals surface area (Å²) in [5.41, 5.74) is 5.45. The average Bonchev–Trinajstić information content (AvgIpc) is 2.59. The molecule has 5 atom stereocenters. The van der Waals surface area contributed by atoms with Gasteiger partial charge in [-0.3, -0.25) is 14.4 Å². The number of nitrogens with one attached hydrogen (secondary N) is 3. The Bertz CT molecular complexity index is 532. The first-order chi connectivity index (χ1) is 12.5. The maximum Gasteiger partial charge on any atom is 0.328 e. The summed E-state index contributed by atoms with van der Waals surface area (Å²) < 4.78 is 0. The van der Waals surface area contributed by atoms with Crippen LogP contribution in [0.15, 0.2) is 0 Å². The van der Waals surface area contributed by atoms with Gasteiger partial charge in [-0.05, 0) is 32.3 Å². The number of thioether (sulfide) groups is 1. The second-order valence-corrected chi connectivity index (χ2v) is 7.29. The van der Waals surface area contributed by atoms with E-state index in [4.69, 9.17) is 10.8 Å². The fourth-order valence-electron chi connectivity index (χ4n) is 1.92. The molecule has 0 spiro atoms. The molecular formula is C15H28N4O6S2. The van der Waals surface area contributed by atoms with Crippen molar-refractivity contribution in [2.75, 3.05) is 17.8 Å². The van der Waals surface area contributed by atoms with Gasteiger partial charge < -0.3 is 31.9 Å². The van der Waals surface area contributed by atoms with E-state index in [1.54, 1.807) is 0 Å². The third kappa shape index (κ3) is 9.31. The Labute approximate surface area is 167 Å². The topological polar surface area (TPSA) is 171 Å². The Hall–Kier alpha value is -1.50. The van der Waals surface area contributed by atoms with Crippen molar-refractivity contribution < 1.29 is 29.4 Å². The van der Waals surface area contributed by atoms with Gasteiger partial charge in [0.25, 0.3) is 0 Å². The van der Waals surface area contributed by atoms with Crippen molar-refractivity contribution >= 4 is 48.1 Å². The molecule has 0 aromatic rings. The number of aliphatic hydroxyl groups is 1.